The van der Waals surface area contributed by atoms with Gasteiger partial charge in [-0.3, -0.25) is 4.79 Å². The van der Waals surface area contributed by atoms with E-state index in [1.54, 1.807) is 19.1 Å². The molecule has 0 fully saturated rings. The highest BCUT2D eigenvalue weighted by molar-refractivity contribution is 9.10. The van der Waals surface area contributed by atoms with E-state index in [9.17, 15) is 4.79 Å². The SMILES string of the molecule is CCc1ccc(OC(C)C(=O)c2ccc(Br)cc2)cc1. The number of carbonyl (C=O) groups excluding carboxylic acids is 1. The van der Waals surface area contributed by atoms with Crippen LogP contribution in [-0.4, -0.2) is 11.9 Å². The summed E-state index contributed by atoms with van der Waals surface area (Å²) < 4.78 is 6.66. The maximum absolute atomic E-state index is 12.2. The number of ketones is 1. The minimum Gasteiger partial charge on any atom is -0.483 e. The Morgan fingerprint density at radius 1 is 1.10 bits per heavy atom. The van der Waals surface area contributed by atoms with E-state index < -0.39 is 6.10 Å². The van der Waals surface area contributed by atoms with E-state index in [0.29, 0.717) is 5.56 Å². The number of aryl methyl sites for hydroxylation is 1. The summed E-state index contributed by atoms with van der Waals surface area (Å²) in [5, 5.41) is 0. The van der Waals surface area contributed by atoms with Gasteiger partial charge in [0.25, 0.3) is 0 Å². The molecular weight excluding hydrogens is 316 g/mol. The van der Waals surface area contributed by atoms with Crippen LogP contribution >= 0.6 is 15.9 Å². The number of hydrogen-bond acceptors (Lipinski definition) is 2. The first kappa shape index (κ1) is 14.8. The lowest BCUT2D eigenvalue weighted by Gasteiger charge is -2.14. The molecule has 1 atom stereocenters. The molecule has 0 aromatic heterocycles. The van der Waals surface area contributed by atoms with Crippen molar-refractivity contribution in [2.45, 2.75) is 26.4 Å². The zero-order valence-electron chi connectivity index (χ0n) is 11.6. The van der Waals surface area contributed by atoms with E-state index in [-0.39, 0.29) is 5.78 Å². The monoisotopic (exact) mass is 332 g/mol. The van der Waals surface area contributed by atoms with Crippen molar-refractivity contribution in [3.05, 3.63) is 64.1 Å². The molecule has 0 aliphatic heterocycles. The standard InChI is InChI=1S/C17H17BrO2/c1-3-13-4-10-16(11-5-13)20-12(2)17(19)14-6-8-15(18)9-7-14/h4-12H,3H2,1-2H3. The molecule has 0 aliphatic carbocycles. The fourth-order valence-electron chi connectivity index (χ4n) is 1.91. The highest BCUT2D eigenvalue weighted by atomic mass is 79.9. The van der Waals surface area contributed by atoms with Crippen molar-refractivity contribution in [1.29, 1.82) is 0 Å². The Morgan fingerprint density at radius 2 is 1.70 bits per heavy atom. The maximum Gasteiger partial charge on any atom is 0.202 e. The van der Waals surface area contributed by atoms with Gasteiger partial charge < -0.3 is 4.74 Å². The van der Waals surface area contributed by atoms with Gasteiger partial charge in [-0.05, 0) is 43.2 Å². The van der Waals surface area contributed by atoms with Gasteiger partial charge in [0.05, 0.1) is 0 Å². The van der Waals surface area contributed by atoms with Gasteiger partial charge in [-0.2, -0.15) is 0 Å². The zero-order valence-corrected chi connectivity index (χ0v) is 13.2. The third-order valence-electron chi connectivity index (χ3n) is 3.14. The van der Waals surface area contributed by atoms with Gasteiger partial charge in [-0.25, -0.2) is 0 Å². The van der Waals surface area contributed by atoms with Crippen LogP contribution in [-0.2, 0) is 6.42 Å². The van der Waals surface area contributed by atoms with Gasteiger partial charge in [0.1, 0.15) is 5.75 Å². The molecule has 0 radical (unpaired) electrons. The lowest BCUT2D eigenvalue weighted by Crippen LogP contribution is -2.23. The molecule has 0 saturated heterocycles. The molecule has 0 spiro atoms. The van der Waals surface area contributed by atoms with E-state index >= 15 is 0 Å². The van der Waals surface area contributed by atoms with Crippen molar-refractivity contribution in [3.63, 3.8) is 0 Å². The van der Waals surface area contributed by atoms with Gasteiger partial charge in [0, 0.05) is 10.0 Å². The summed E-state index contributed by atoms with van der Waals surface area (Å²) in [6.45, 7) is 3.88. The fraction of sp³-hybridized carbons (Fsp3) is 0.235. The van der Waals surface area contributed by atoms with E-state index in [4.69, 9.17) is 4.74 Å². The number of Topliss-reactive ketones (excluding diaryl/α,β-unsaturated/α-hetero) is 1. The summed E-state index contributed by atoms with van der Waals surface area (Å²) in [7, 11) is 0. The Balaban J connectivity index is 2.04. The van der Waals surface area contributed by atoms with Crippen LogP contribution in [0.3, 0.4) is 0 Å². The highest BCUT2D eigenvalue weighted by Gasteiger charge is 2.16. The second-order valence-electron chi connectivity index (χ2n) is 4.63. The molecule has 3 heteroatoms. The fourth-order valence-corrected chi connectivity index (χ4v) is 2.17. The third-order valence-corrected chi connectivity index (χ3v) is 3.67. The summed E-state index contributed by atoms with van der Waals surface area (Å²) in [5.41, 5.74) is 1.91. The molecule has 0 aliphatic rings. The first-order valence-electron chi connectivity index (χ1n) is 6.65. The predicted molar refractivity (Wildman–Crippen MR) is 84.4 cm³/mol. The topological polar surface area (TPSA) is 26.3 Å². The van der Waals surface area contributed by atoms with Crippen LogP contribution in [0.15, 0.2) is 53.0 Å². The molecule has 1 unspecified atom stereocenters. The second kappa shape index (κ2) is 6.71. The average Bonchev–Trinajstić information content (AvgIpc) is 2.48. The average molecular weight is 333 g/mol. The van der Waals surface area contributed by atoms with Gasteiger partial charge in [-0.1, -0.05) is 47.1 Å². The lowest BCUT2D eigenvalue weighted by molar-refractivity contribution is 0.0818. The smallest absolute Gasteiger partial charge is 0.202 e. The molecule has 0 saturated carbocycles. The third kappa shape index (κ3) is 3.70. The second-order valence-corrected chi connectivity index (χ2v) is 5.54. The van der Waals surface area contributed by atoms with Gasteiger partial charge >= 0.3 is 0 Å². The molecule has 2 nitrogen and oxygen atoms in total. The van der Waals surface area contributed by atoms with Crippen LogP contribution in [0.1, 0.15) is 29.8 Å². The molecule has 2 aromatic carbocycles. The van der Waals surface area contributed by atoms with Gasteiger partial charge in [0.15, 0.2) is 6.10 Å². The largest absolute Gasteiger partial charge is 0.483 e. The Bertz CT molecular complexity index is 573. The Labute approximate surface area is 127 Å². The van der Waals surface area contributed by atoms with Crippen molar-refractivity contribution < 1.29 is 9.53 Å². The summed E-state index contributed by atoms with van der Waals surface area (Å²) >= 11 is 3.36. The molecule has 0 amide bonds. The van der Waals surface area contributed by atoms with E-state index in [2.05, 4.69) is 22.9 Å². The summed E-state index contributed by atoms with van der Waals surface area (Å²) in [4.78, 5) is 12.2. The van der Waals surface area contributed by atoms with Crippen molar-refractivity contribution in [1.82, 2.24) is 0 Å². The maximum atomic E-state index is 12.2. The molecule has 0 bridgehead atoms. The normalized spacial score (nSPS) is 11.9. The lowest BCUT2D eigenvalue weighted by atomic mass is 10.1. The number of benzene rings is 2. The Morgan fingerprint density at radius 3 is 2.25 bits per heavy atom. The summed E-state index contributed by atoms with van der Waals surface area (Å²) in [5.74, 6) is 0.706. The van der Waals surface area contributed by atoms with Crippen LogP contribution in [0, 0.1) is 0 Å². The quantitative estimate of drug-likeness (QED) is 0.744. The number of ether oxygens (including phenoxy) is 1. The number of rotatable bonds is 5. The first-order chi connectivity index (χ1) is 9.60. The van der Waals surface area contributed by atoms with Crippen molar-refractivity contribution >= 4 is 21.7 Å². The predicted octanol–water partition coefficient (Wildman–Crippen LogP) is 4.66. The molecule has 2 aromatic rings. The Kier molecular flexibility index (Phi) is 4.96. The molecule has 2 rings (SSSR count). The Hall–Kier alpha value is -1.61. The molecule has 104 valence electrons. The molecular formula is C17H17BrO2. The first-order valence-corrected chi connectivity index (χ1v) is 7.45. The van der Waals surface area contributed by atoms with Gasteiger partial charge in [-0.15, -0.1) is 0 Å². The van der Waals surface area contributed by atoms with Crippen LogP contribution in [0.4, 0.5) is 0 Å². The minimum absolute atomic E-state index is 0.0166. The van der Waals surface area contributed by atoms with Crippen LogP contribution in [0.2, 0.25) is 0 Å². The minimum atomic E-state index is -0.497. The van der Waals surface area contributed by atoms with E-state index in [0.717, 1.165) is 16.6 Å². The van der Waals surface area contributed by atoms with Crippen molar-refractivity contribution in [3.8, 4) is 5.75 Å². The highest BCUT2D eigenvalue weighted by Crippen LogP contribution is 2.17. The number of halogens is 1. The van der Waals surface area contributed by atoms with E-state index in [1.807, 2.05) is 36.4 Å². The van der Waals surface area contributed by atoms with E-state index in [1.165, 1.54) is 5.56 Å². The summed E-state index contributed by atoms with van der Waals surface area (Å²) in [6.07, 6.45) is 0.497. The van der Waals surface area contributed by atoms with Crippen LogP contribution in [0.25, 0.3) is 0 Å². The molecule has 20 heavy (non-hydrogen) atoms. The molecule has 0 N–H and O–H groups in total. The van der Waals surface area contributed by atoms with Crippen LogP contribution < -0.4 is 4.74 Å². The summed E-state index contributed by atoms with van der Waals surface area (Å²) in [6, 6.07) is 15.2. The van der Waals surface area contributed by atoms with Gasteiger partial charge in [0.2, 0.25) is 5.78 Å². The zero-order chi connectivity index (χ0) is 14.5. The van der Waals surface area contributed by atoms with Crippen molar-refractivity contribution in [2.24, 2.45) is 0 Å². The van der Waals surface area contributed by atoms with Crippen molar-refractivity contribution in [2.75, 3.05) is 0 Å². The number of hydrogen-bond donors (Lipinski definition) is 0. The van der Waals surface area contributed by atoms with Crippen LogP contribution in [0.5, 0.6) is 5.75 Å². The molecule has 0 heterocycles. The number of carbonyl (C=O) groups is 1.